The van der Waals surface area contributed by atoms with E-state index in [2.05, 4.69) is 10.6 Å². The third-order valence-electron chi connectivity index (χ3n) is 5.18. The van der Waals surface area contributed by atoms with Gasteiger partial charge in [0, 0.05) is 37.9 Å². The summed E-state index contributed by atoms with van der Waals surface area (Å²) < 4.78 is 0. The van der Waals surface area contributed by atoms with Crippen LogP contribution < -0.4 is 10.6 Å². The van der Waals surface area contributed by atoms with Gasteiger partial charge >= 0.3 is 6.03 Å². The molecule has 2 fully saturated rings. The van der Waals surface area contributed by atoms with Crippen LogP contribution in [0, 0.1) is 5.92 Å². The summed E-state index contributed by atoms with van der Waals surface area (Å²) in [6.07, 6.45) is 3.89. The van der Waals surface area contributed by atoms with Crippen molar-refractivity contribution in [1.29, 1.82) is 0 Å². The van der Waals surface area contributed by atoms with Gasteiger partial charge in [0.1, 0.15) is 0 Å². The number of piperidine rings is 1. The van der Waals surface area contributed by atoms with Crippen molar-refractivity contribution in [2.45, 2.75) is 31.7 Å². The van der Waals surface area contributed by atoms with Crippen LogP contribution in [0.4, 0.5) is 10.5 Å². The number of carbonyl (C=O) groups excluding carboxylic acids is 2. The maximum Gasteiger partial charge on any atom is 0.321 e. The van der Waals surface area contributed by atoms with Crippen molar-refractivity contribution >= 4 is 30.0 Å². The minimum Gasteiger partial charge on any atom is -0.338 e. The van der Waals surface area contributed by atoms with Gasteiger partial charge in [-0.25, -0.2) is 4.79 Å². The topological polar surface area (TPSA) is 64.7 Å². The summed E-state index contributed by atoms with van der Waals surface area (Å²) in [4.78, 5) is 29.3. The Hall–Kier alpha value is -1.79. The fraction of sp³-hybridized carbons (Fsp3) is 0.579. The highest BCUT2D eigenvalue weighted by molar-refractivity contribution is 5.90. The molecule has 2 unspecified atom stereocenters. The van der Waals surface area contributed by atoms with Crippen LogP contribution in [0.25, 0.3) is 0 Å². The van der Waals surface area contributed by atoms with Crippen LogP contribution in [0.1, 0.15) is 25.7 Å². The van der Waals surface area contributed by atoms with Gasteiger partial charge in [0.2, 0.25) is 5.91 Å². The van der Waals surface area contributed by atoms with E-state index in [4.69, 9.17) is 0 Å². The van der Waals surface area contributed by atoms with E-state index < -0.39 is 0 Å². The SMILES string of the molecule is CNCC1CCCN1C(=O)C1CCCN(C(=O)Nc2ccccc2)C1.Cl. The molecule has 2 aliphatic rings. The van der Waals surface area contributed by atoms with Crippen molar-refractivity contribution in [2.75, 3.05) is 38.5 Å². The van der Waals surface area contributed by atoms with E-state index >= 15 is 0 Å². The maximum atomic E-state index is 13.0. The van der Waals surface area contributed by atoms with E-state index in [0.717, 1.165) is 44.5 Å². The molecule has 0 spiro atoms. The third kappa shape index (κ3) is 4.89. The number of anilines is 1. The molecule has 2 N–H and O–H groups in total. The highest BCUT2D eigenvalue weighted by Crippen LogP contribution is 2.25. The zero-order chi connectivity index (χ0) is 17.6. The van der Waals surface area contributed by atoms with E-state index in [9.17, 15) is 9.59 Å². The Kier molecular flexibility index (Phi) is 7.72. The fourth-order valence-electron chi connectivity index (χ4n) is 3.90. The summed E-state index contributed by atoms with van der Waals surface area (Å²) in [5, 5.41) is 6.11. The molecule has 3 rings (SSSR count). The van der Waals surface area contributed by atoms with Crippen LogP contribution in [0.5, 0.6) is 0 Å². The van der Waals surface area contributed by atoms with Gasteiger partial charge in [0.15, 0.2) is 0 Å². The summed E-state index contributed by atoms with van der Waals surface area (Å²) in [5.41, 5.74) is 0.787. The number of amides is 3. The molecular formula is C19H29ClN4O2. The Balaban J connectivity index is 0.00000243. The Bertz CT molecular complexity index is 598. The monoisotopic (exact) mass is 380 g/mol. The second-order valence-corrected chi connectivity index (χ2v) is 6.97. The Morgan fingerprint density at radius 3 is 2.58 bits per heavy atom. The van der Waals surface area contributed by atoms with E-state index in [1.54, 1.807) is 4.90 Å². The fourth-order valence-corrected chi connectivity index (χ4v) is 3.90. The number of nitrogens with one attached hydrogen (secondary N) is 2. The van der Waals surface area contributed by atoms with Gasteiger partial charge in [-0.15, -0.1) is 12.4 Å². The molecule has 0 aromatic heterocycles. The van der Waals surface area contributed by atoms with Crippen molar-refractivity contribution < 1.29 is 9.59 Å². The number of hydrogen-bond acceptors (Lipinski definition) is 3. The van der Waals surface area contributed by atoms with Crippen LogP contribution in [0.15, 0.2) is 30.3 Å². The second kappa shape index (κ2) is 9.78. The molecule has 26 heavy (non-hydrogen) atoms. The molecule has 144 valence electrons. The maximum absolute atomic E-state index is 13.0. The predicted molar refractivity (Wildman–Crippen MR) is 106 cm³/mol. The summed E-state index contributed by atoms with van der Waals surface area (Å²) in [6, 6.07) is 9.64. The smallest absolute Gasteiger partial charge is 0.321 e. The average Bonchev–Trinajstić information content (AvgIpc) is 3.10. The minimum absolute atomic E-state index is 0. The summed E-state index contributed by atoms with van der Waals surface area (Å²) >= 11 is 0. The molecule has 6 nitrogen and oxygen atoms in total. The minimum atomic E-state index is -0.114. The summed E-state index contributed by atoms with van der Waals surface area (Å²) in [6.45, 7) is 2.91. The molecular weight excluding hydrogens is 352 g/mol. The number of carbonyl (C=O) groups is 2. The quantitative estimate of drug-likeness (QED) is 0.843. The zero-order valence-corrected chi connectivity index (χ0v) is 16.1. The summed E-state index contributed by atoms with van der Waals surface area (Å²) in [5.74, 6) is 0.141. The van der Waals surface area contributed by atoms with E-state index in [0.29, 0.717) is 19.1 Å². The number of urea groups is 1. The number of nitrogens with zero attached hydrogens (tertiary/aromatic N) is 2. The lowest BCUT2D eigenvalue weighted by Crippen LogP contribution is -2.50. The molecule has 3 amide bonds. The van der Waals surface area contributed by atoms with E-state index in [1.165, 1.54) is 0 Å². The first-order valence-corrected chi connectivity index (χ1v) is 9.25. The molecule has 2 saturated heterocycles. The Morgan fingerprint density at radius 2 is 1.85 bits per heavy atom. The molecule has 2 heterocycles. The van der Waals surface area contributed by atoms with Crippen LogP contribution in [-0.2, 0) is 4.79 Å². The van der Waals surface area contributed by atoms with Gasteiger partial charge in [0.05, 0.1) is 5.92 Å². The van der Waals surface area contributed by atoms with Crippen LogP contribution in [0.3, 0.4) is 0 Å². The largest absolute Gasteiger partial charge is 0.338 e. The lowest BCUT2D eigenvalue weighted by molar-refractivity contribution is -0.137. The van der Waals surface area contributed by atoms with Crippen LogP contribution in [-0.4, -0.2) is 61.0 Å². The second-order valence-electron chi connectivity index (χ2n) is 6.97. The van der Waals surface area contributed by atoms with Crippen molar-refractivity contribution in [3.05, 3.63) is 30.3 Å². The number of benzene rings is 1. The molecule has 0 saturated carbocycles. The highest BCUT2D eigenvalue weighted by atomic mass is 35.5. The van der Waals surface area contributed by atoms with Crippen LogP contribution >= 0.6 is 12.4 Å². The van der Waals surface area contributed by atoms with Gasteiger partial charge in [-0.05, 0) is 44.9 Å². The number of para-hydroxylation sites is 1. The van der Waals surface area contributed by atoms with Gasteiger partial charge < -0.3 is 20.4 Å². The van der Waals surface area contributed by atoms with Gasteiger partial charge in [-0.1, -0.05) is 18.2 Å². The molecule has 0 bridgehead atoms. The molecule has 2 atom stereocenters. The number of likely N-dealkylation sites (tertiary alicyclic amines) is 2. The zero-order valence-electron chi connectivity index (χ0n) is 15.3. The Labute approximate surface area is 161 Å². The standard InChI is InChI=1S/C19H28N4O2.ClH/c1-20-13-17-10-6-12-23(17)18(24)15-7-5-11-22(14-15)19(25)21-16-8-3-2-4-9-16;/h2-4,8-9,15,17,20H,5-7,10-14H2,1H3,(H,21,25);1H. The first-order valence-electron chi connectivity index (χ1n) is 9.25. The first-order chi connectivity index (χ1) is 12.2. The normalized spacial score (nSPS) is 22.7. The van der Waals surface area contributed by atoms with Gasteiger partial charge in [0.25, 0.3) is 0 Å². The predicted octanol–water partition coefficient (Wildman–Crippen LogP) is 2.56. The average molecular weight is 381 g/mol. The summed E-state index contributed by atoms with van der Waals surface area (Å²) in [7, 11) is 1.93. The van der Waals surface area contributed by atoms with Crippen LogP contribution in [0.2, 0.25) is 0 Å². The number of hydrogen-bond donors (Lipinski definition) is 2. The number of halogens is 1. The van der Waals surface area contributed by atoms with E-state index in [1.807, 2.05) is 42.3 Å². The lowest BCUT2D eigenvalue weighted by Gasteiger charge is -2.35. The van der Waals surface area contributed by atoms with Crippen molar-refractivity contribution in [3.8, 4) is 0 Å². The molecule has 1 aromatic rings. The van der Waals surface area contributed by atoms with Crippen molar-refractivity contribution in [2.24, 2.45) is 5.92 Å². The molecule has 7 heteroatoms. The van der Waals surface area contributed by atoms with Gasteiger partial charge in [-0.2, -0.15) is 0 Å². The highest BCUT2D eigenvalue weighted by Gasteiger charge is 2.35. The Morgan fingerprint density at radius 1 is 1.12 bits per heavy atom. The first kappa shape index (κ1) is 20.5. The molecule has 0 radical (unpaired) electrons. The number of likely N-dealkylation sites (N-methyl/N-ethyl adjacent to an activating group) is 1. The van der Waals surface area contributed by atoms with Crippen molar-refractivity contribution in [3.63, 3.8) is 0 Å². The lowest BCUT2D eigenvalue weighted by atomic mass is 9.96. The van der Waals surface area contributed by atoms with E-state index in [-0.39, 0.29) is 30.3 Å². The van der Waals surface area contributed by atoms with Gasteiger partial charge in [-0.3, -0.25) is 4.79 Å². The molecule has 2 aliphatic heterocycles. The molecule has 0 aliphatic carbocycles. The van der Waals surface area contributed by atoms with Crippen molar-refractivity contribution in [1.82, 2.24) is 15.1 Å². The number of rotatable bonds is 4. The molecule has 1 aromatic carbocycles. The third-order valence-corrected chi connectivity index (χ3v) is 5.18.